The van der Waals surface area contributed by atoms with E-state index in [1.807, 2.05) is 32.6 Å². The van der Waals surface area contributed by atoms with Crippen LogP contribution in [0.5, 0.6) is 0 Å². The summed E-state index contributed by atoms with van der Waals surface area (Å²) < 4.78 is 28.8. The number of likely N-dealkylation sites (N-methyl/N-ethyl adjacent to an activating group) is 1. The number of carbonyl (C=O) groups is 1. The molecule has 0 N–H and O–H groups in total. The van der Waals surface area contributed by atoms with Crippen molar-refractivity contribution in [3.63, 3.8) is 0 Å². The van der Waals surface area contributed by atoms with Crippen molar-refractivity contribution in [1.82, 2.24) is 9.91 Å². The van der Waals surface area contributed by atoms with Crippen LogP contribution < -0.4 is 9.80 Å². The van der Waals surface area contributed by atoms with Crippen molar-refractivity contribution in [3.05, 3.63) is 23.8 Å². The largest absolute Gasteiger partial charge is 0.377 e. The molecule has 0 aliphatic carbocycles. The summed E-state index contributed by atoms with van der Waals surface area (Å²) in [5, 5.41) is 5.92. The zero-order chi connectivity index (χ0) is 27.4. The lowest BCUT2D eigenvalue weighted by atomic mass is 10.1. The number of rotatable bonds is 8. The van der Waals surface area contributed by atoms with E-state index in [0.717, 1.165) is 32.6 Å². The van der Waals surface area contributed by atoms with Crippen molar-refractivity contribution >= 4 is 35.1 Å². The van der Waals surface area contributed by atoms with Crippen molar-refractivity contribution in [1.29, 1.82) is 0 Å². The molecule has 2 rings (SSSR count). The highest BCUT2D eigenvalue weighted by Gasteiger charge is 2.23. The fourth-order valence-electron chi connectivity index (χ4n) is 3.35. The van der Waals surface area contributed by atoms with Crippen LogP contribution in [0.2, 0.25) is 0 Å². The third kappa shape index (κ3) is 13.5. The number of amides is 1. The lowest BCUT2D eigenvalue weighted by Gasteiger charge is -2.37. The van der Waals surface area contributed by atoms with Crippen LogP contribution in [-0.4, -0.2) is 94.9 Å². The van der Waals surface area contributed by atoms with Crippen LogP contribution in [0.3, 0.4) is 0 Å². The summed E-state index contributed by atoms with van der Waals surface area (Å²) in [4.78, 5) is 19.1. The second-order valence-electron chi connectivity index (χ2n) is 7.45. The SMILES string of the molecule is CC.CCc1ccc(N2CCN(C(=O)CN(CC)/N=C\C(C)Cl)CC2)cc1N(C)C.CF.FCF. The zero-order valence-electron chi connectivity index (χ0n) is 22.7. The van der Waals surface area contributed by atoms with Gasteiger partial charge in [-0.1, -0.05) is 26.8 Å². The molecule has 1 fully saturated rings. The molecule has 35 heavy (non-hydrogen) atoms. The van der Waals surface area contributed by atoms with Gasteiger partial charge in [-0.05, 0) is 38.0 Å². The first-order valence-corrected chi connectivity index (χ1v) is 12.5. The van der Waals surface area contributed by atoms with Crippen LogP contribution in [0, 0.1) is 0 Å². The van der Waals surface area contributed by atoms with Crippen molar-refractivity contribution in [2.24, 2.45) is 5.10 Å². The van der Waals surface area contributed by atoms with Crippen molar-refractivity contribution < 1.29 is 18.0 Å². The van der Waals surface area contributed by atoms with E-state index >= 15 is 0 Å². The fourth-order valence-corrected chi connectivity index (χ4v) is 3.41. The molecule has 204 valence electrons. The van der Waals surface area contributed by atoms with Gasteiger partial charge in [0.2, 0.25) is 12.8 Å². The smallest absolute Gasteiger partial charge is 0.243 e. The average molecular weight is 524 g/mol. The van der Waals surface area contributed by atoms with E-state index in [4.69, 9.17) is 11.6 Å². The Balaban J connectivity index is 0. The predicted octanol–water partition coefficient (Wildman–Crippen LogP) is 5.39. The Bertz CT molecular complexity index is 700. The van der Waals surface area contributed by atoms with E-state index in [1.54, 1.807) is 11.2 Å². The summed E-state index contributed by atoms with van der Waals surface area (Å²) in [6, 6.07) is 6.68. The monoisotopic (exact) mass is 523 g/mol. The molecule has 1 aliphatic rings. The molecule has 1 aromatic carbocycles. The number of halogens is 4. The number of carbonyl (C=O) groups excluding carboxylic acids is 1. The van der Waals surface area contributed by atoms with Crippen LogP contribution in [0.15, 0.2) is 23.3 Å². The van der Waals surface area contributed by atoms with E-state index in [2.05, 4.69) is 54.1 Å². The lowest BCUT2D eigenvalue weighted by Crippen LogP contribution is -2.51. The van der Waals surface area contributed by atoms with Gasteiger partial charge in [-0.3, -0.25) is 14.2 Å². The van der Waals surface area contributed by atoms with Gasteiger partial charge in [-0.15, -0.1) is 11.6 Å². The molecule has 0 spiro atoms. The van der Waals surface area contributed by atoms with Gasteiger partial charge in [-0.2, -0.15) is 5.10 Å². The first-order chi connectivity index (χ1) is 16.8. The van der Waals surface area contributed by atoms with Gasteiger partial charge in [-0.25, -0.2) is 8.78 Å². The zero-order valence-corrected chi connectivity index (χ0v) is 23.5. The standard InChI is InChI=1S/C21H34ClN5O.C2H6.CH2F2.CH3F/c1-6-18-8-9-19(14-20(18)24(4)5)25-10-12-26(13-11-25)21(28)16-27(7-2)23-15-17(3)22;1-2;2-1-3;1-2/h8-9,14-15,17H,6-7,10-13,16H2,1-5H3;1-2H3;1H2;1H3/b23-15-;;;. The first-order valence-electron chi connectivity index (χ1n) is 12.0. The quantitative estimate of drug-likeness (QED) is 0.260. The van der Waals surface area contributed by atoms with Crippen LogP contribution in [-0.2, 0) is 11.2 Å². The van der Waals surface area contributed by atoms with Crippen LogP contribution in [0.25, 0.3) is 0 Å². The number of hydrazone groups is 1. The summed E-state index contributed by atoms with van der Waals surface area (Å²) >= 11 is 5.91. The molecule has 1 unspecified atom stereocenters. The summed E-state index contributed by atoms with van der Waals surface area (Å²) in [7, 11) is 4.67. The minimum atomic E-state index is -1.75. The maximum Gasteiger partial charge on any atom is 0.243 e. The van der Waals surface area contributed by atoms with Crippen LogP contribution in [0.1, 0.15) is 40.2 Å². The normalized spacial score (nSPS) is 13.5. The summed E-state index contributed by atoms with van der Waals surface area (Å²) in [6.45, 7) is 12.4. The van der Waals surface area contributed by atoms with E-state index in [-0.39, 0.29) is 11.3 Å². The maximum absolute atomic E-state index is 12.6. The molecule has 1 heterocycles. The summed E-state index contributed by atoms with van der Waals surface area (Å²) in [6.07, 6.45) is 2.69. The van der Waals surface area contributed by atoms with Crippen molar-refractivity contribution in [2.45, 2.75) is 46.4 Å². The molecule has 1 aliphatic heterocycles. The van der Waals surface area contributed by atoms with Crippen LogP contribution in [0.4, 0.5) is 24.5 Å². The van der Waals surface area contributed by atoms with E-state index in [0.29, 0.717) is 20.3 Å². The molecular weight excluding hydrogens is 479 g/mol. The number of benzene rings is 1. The van der Waals surface area contributed by atoms with Gasteiger partial charge >= 0.3 is 0 Å². The molecule has 0 aromatic heterocycles. The highest BCUT2D eigenvalue weighted by atomic mass is 35.5. The molecule has 1 amide bonds. The number of nitrogens with zero attached hydrogens (tertiary/aromatic N) is 5. The molecule has 0 saturated carbocycles. The Hall–Kier alpha value is -2.16. The van der Waals surface area contributed by atoms with E-state index < -0.39 is 6.93 Å². The Morgan fingerprint density at radius 3 is 2.11 bits per heavy atom. The van der Waals surface area contributed by atoms with E-state index in [9.17, 15) is 18.0 Å². The van der Waals surface area contributed by atoms with Gasteiger partial charge in [0.1, 0.15) is 6.54 Å². The molecule has 0 radical (unpaired) electrons. The van der Waals surface area contributed by atoms with Gasteiger partial charge in [0.15, 0.2) is 0 Å². The molecule has 1 aromatic rings. The highest BCUT2D eigenvalue weighted by Crippen LogP contribution is 2.27. The van der Waals surface area contributed by atoms with Crippen molar-refractivity contribution in [2.75, 3.05) is 77.3 Å². The number of alkyl halides is 4. The van der Waals surface area contributed by atoms with Crippen molar-refractivity contribution in [3.8, 4) is 0 Å². The first kappa shape index (κ1) is 35.0. The van der Waals surface area contributed by atoms with Gasteiger partial charge in [0.25, 0.3) is 0 Å². The number of anilines is 2. The lowest BCUT2D eigenvalue weighted by molar-refractivity contribution is -0.132. The molecule has 0 bridgehead atoms. The molecule has 1 saturated heterocycles. The number of hydrogen-bond donors (Lipinski definition) is 0. The molecule has 1 atom stereocenters. The molecular formula is C25H45ClF3N5O. The molecule has 10 heteroatoms. The van der Waals surface area contributed by atoms with Gasteiger partial charge in [0.05, 0.1) is 12.6 Å². The highest BCUT2D eigenvalue weighted by molar-refractivity contribution is 6.27. The van der Waals surface area contributed by atoms with Crippen LogP contribution >= 0.6 is 11.6 Å². The Kier molecular flexibility index (Phi) is 21.2. The minimum Gasteiger partial charge on any atom is -0.377 e. The second kappa shape index (κ2) is 21.1. The predicted molar refractivity (Wildman–Crippen MR) is 145 cm³/mol. The topological polar surface area (TPSA) is 42.4 Å². The third-order valence-electron chi connectivity index (χ3n) is 5.05. The number of hydrogen-bond acceptors (Lipinski definition) is 5. The Morgan fingerprint density at radius 2 is 1.69 bits per heavy atom. The number of piperazine rings is 1. The Labute approximate surface area is 215 Å². The summed E-state index contributed by atoms with van der Waals surface area (Å²) in [5.41, 5.74) is 3.85. The summed E-state index contributed by atoms with van der Waals surface area (Å²) in [5.74, 6) is 0.121. The van der Waals surface area contributed by atoms with E-state index in [1.165, 1.54) is 16.9 Å². The average Bonchev–Trinajstić information content (AvgIpc) is 2.88. The fraction of sp³-hybridized carbons (Fsp3) is 0.680. The maximum atomic E-state index is 12.6. The second-order valence-corrected chi connectivity index (χ2v) is 8.14. The van der Waals surface area contributed by atoms with Gasteiger partial charge < -0.3 is 14.7 Å². The van der Waals surface area contributed by atoms with Gasteiger partial charge in [0, 0.05) is 64.4 Å². The Morgan fingerprint density at radius 1 is 1.14 bits per heavy atom. The molecule has 6 nitrogen and oxygen atoms in total. The number of aryl methyl sites for hydroxylation is 1. The third-order valence-corrected chi connectivity index (χ3v) is 5.16. The minimum absolute atomic E-state index is 0.121.